The third-order valence-corrected chi connectivity index (χ3v) is 4.93. The van der Waals surface area contributed by atoms with Gasteiger partial charge in [-0.05, 0) is 27.2 Å². The van der Waals surface area contributed by atoms with Crippen molar-refractivity contribution < 1.29 is 44.4 Å². The van der Waals surface area contributed by atoms with Crippen LogP contribution in [-0.2, 0) is 38.7 Å². The van der Waals surface area contributed by atoms with Crippen LogP contribution in [-0.4, -0.2) is 79.0 Å². The first-order valence-electron chi connectivity index (χ1n) is 8.55. The molecule has 164 valence electrons. The molecule has 9 nitrogen and oxygen atoms in total. The average Bonchev–Trinajstić information content (AvgIpc) is 2.59. The largest absolute Gasteiger partial charge is 2.00 e. The molecular formula is C18H30MgO9S. The standard InChI is InChI=1S/C18H28O9S.Mg.2H/c1-7-8-18(10-26-15(19)12(2)3,11-27-16(20)13(4)5)17(21)25-9-14(6)28(22,23)24;;;/h14H,2,4,7-11H2,1,3,5-6H3,(H,22,23,24);;;/q;+2;2*-1. The van der Waals surface area contributed by atoms with Gasteiger partial charge in [0.15, 0.2) is 0 Å². The monoisotopic (exact) mass is 446 g/mol. The molecule has 1 unspecified atom stereocenters. The van der Waals surface area contributed by atoms with Crippen LogP contribution in [0.15, 0.2) is 24.3 Å². The van der Waals surface area contributed by atoms with Crippen molar-refractivity contribution in [2.24, 2.45) is 5.41 Å². The van der Waals surface area contributed by atoms with E-state index in [0.29, 0.717) is 6.42 Å². The number of carbonyl (C=O) groups excluding carboxylic acids is 3. The van der Waals surface area contributed by atoms with Crippen LogP contribution in [0.4, 0.5) is 0 Å². The summed E-state index contributed by atoms with van der Waals surface area (Å²) in [7, 11) is -4.40. The fourth-order valence-electron chi connectivity index (χ4n) is 1.97. The Morgan fingerprint density at radius 2 is 1.45 bits per heavy atom. The molecule has 0 saturated heterocycles. The molecular weight excluding hydrogens is 417 g/mol. The van der Waals surface area contributed by atoms with Gasteiger partial charge in [0.25, 0.3) is 10.1 Å². The molecule has 1 atom stereocenters. The molecule has 0 aliphatic rings. The van der Waals surface area contributed by atoms with Gasteiger partial charge in [-0.3, -0.25) is 9.35 Å². The van der Waals surface area contributed by atoms with Crippen LogP contribution in [0.3, 0.4) is 0 Å². The Morgan fingerprint density at radius 1 is 1.03 bits per heavy atom. The van der Waals surface area contributed by atoms with E-state index in [1.165, 1.54) is 13.8 Å². The molecule has 0 aliphatic carbocycles. The predicted octanol–water partition coefficient (Wildman–Crippen LogP) is 1.68. The molecule has 11 heteroatoms. The van der Waals surface area contributed by atoms with E-state index in [4.69, 9.17) is 18.8 Å². The van der Waals surface area contributed by atoms with Crippen molar-refractivity contribution in [2.45, 2.75) is 45.8 Å². The summed E-state index contributed by atoms with van der Waals surface area (Å²) in [5.41, 5.74) is -1.33. The van der Waals surface area contributed by atoms with E-state index < -0.39 is 58.5 Å². The zero-order valence-corrected chi connectivity index (χ0v) is 19.6. The van der Waals surface area contributed by atoms with Crippen molar-refractivity contribution in [3.05, 3.63) is 24.3 Å². The van der Waals surface area contributed by atoms with Gasteiger partial charge in [-0.15, -0.1) is 0 Å². The van der Waals surface area contributed by atoms with Crippen molar-refractivity contribution in [3.63, 3.8) is 0 Å². The summed E-state index contributed by atoms with van der Waals surface area (Å²) in [6.45, 7) is 11.1. The first kappa shape index (κ1) is 29.8. The van der Waals surface area contributed by atoms with Gasteiger partial charge < -0.3 is 17.1 Å². The van der Waals surface area contributed by atoms with Crippen molar-refractivity contribution in [3.8, 4) is 0 Å². The summed E-state index contributed by atoms with van der Waals surface area (Å²) < 4.78 is 46.4. The Balaban J connectivity index is -0.00000121. The maximum atomic E-state index is 12.7. The molecule has 0 aromatic rings. The number of rotatable bonds is 12. The van der Waals surface area contributed by atoms with E-state index in [1.807, 2.05) is 0 Å². The summed E-state index contributed by atoms with van der Waals surface area (Å²) in [6.07, 6.45) is 0.567. The minimum atomic E-state index is -4.40. The van der Waals surface area contributed by atoms with Crippen LogP contribution in [0.1, 0.15) is 43.4 Å². The summed E-state index contributed by atoms with van der Waals surface area (Å²) in [5, 5.41) is -1.35. The van der Waals surface area contributed by atoms with Crippen molar-refractivity contribution in [1.29, 1.82) is 0 Å². The molecule has 0 spiro atoms. The number of ether oxygens (including phenoxy) is 3. The molecule has 0 bridgehead atoms. The average molecular weight is 447 g/mol. The molecule has 0 aromatic heterocycles. The first-order chi connectivity index (χ1) is 12.8. The van der Waals surface area contributed by atoms with Crippen molar-refractivity contribution in [2.75, 3.05) is 19.8 Å². The topological polar surface area (TPSA) is 133 Å². The van der Waals surface area contributed by atoms with Gasteiger partial charge in [0, 0.05) is 11.1 Å². The molecule has 1 N–H and O–H groups in total. The quantitative estimate of drug-likeness (QED) is 0.156. The second-order valence-corrected chi connectivity index (χ2v) is 8.50. The summed E-state index contributed by atoms with van der Waals surface area (Å²) in [4.78, 5) is 36.2. The molecule has 0 radical (unpaired) electrons. The minimum Gasteiger partial charge on any atom is -1.00 e. The van der Waals surface area contributed by atoms with E-state index in [0.717, 1.165) is 6.92 Å². The van der Waals surface area contributed by atoms with Crippen molar-refractivity contribution in [1.82, 2.24) is 0 Å². The number of carbonyl (C=O) groups is 3. The molecule has 0 rings (SSSR count). The molecule has 0 aliphatic heterocycles. The van der Waals surface area contributed by atoms with Gasteiger partial charge in [0.1, 0.15) is 30.5 Å². The molecule has 0 fully saturated rings. The molecule has 29 heavy (non-hydrogen) atoms. The first-order valence-corrected chi connectivity index (χ1v) is 10.1. The third-order valence-electron chi connectivity index (χ3n) is 3.78. The number of esters is 3. The Morgan fingerprint density at radius 3 is 1.76 bits per heavy atom. The Labute approximate surface area is 190 Å². The van der Waals surface area contributed by atoms with Gasteiger partial charge in [0.05, 0.1) is 0 Å². The SMILES string of the molecule is C=C(C)C(=O)OCC(CCC)(COC(=O)C(=C)C)C(=O)OCC(C)S(=O)(=O)O.[H-].[H-].[Mg+2]. The van der Waals surface area contributed by atoms with E-state index in [9.17, 15) is 22.8 Å². The van der Waals surface area contributed by atoms with Gasteiger partial charge in [-0.1, -0.05) is 26.5 Å². The van der Waals surface area contributed by atoms with Crippen LogP contribution in [0.2, 0.25) is 0 Å². The van der Waals surface area contributed by atoms with E-state index in [2.05, 4.69) is 13.2 Å². The fourth-order valence-corrected chi connectivity index (χ4v) is 2.21. The zero-order chi connectivity index (χ0) is 22.1. The molecule has 0 amide bonds. The van der Waals surface area contributed by atoms with Crippen LogP contribution < -0.4 is 0 Å². The van der Waals surface area contributed by atoms with Crippen LogP contribution in [0, 0.1) is 5.41 Å². The zero-order valence-electron chi connectivity index (χ0n) is 19.4. The molecule has 0 aromatic carbocycles. The Bertz CT molecular complexity index is 708. The maximum absolute atomic E-state index is 12.7. The van der Waals surface area contributed by atoms with Crippen LogP contribution >= 0.6 is 0 Å². The van der Waals surface area contributed by atoms with E-state index in [-0.39, 0.29) is 43.5 Å². The summed E-state index contributed by atoms with van der Waals surface area (Å²) in [6, 6.07) is 0. The number of hydrogen-bond donors (Lipinski definition) is 1. The molecule has 0 saturated carbocycles. The van der Waals surface area contributed by atoms with Crippen LogP contribution in [0.25, 0.3) is 0 Å². The fraction of sp³-hybridized carbons (Fsp3) is 0.611. The second-order valence-electron chi connectivity index (χ2n) is 6.67. The van der Waals surface area contributed by atoms with E-state index >= 15 is 0 Å². The predicted molar refractivity (Wildman–Crippen MR) is 109 cm³/mol. The minimum absolute atomic E-state index is 0. The normalized spacial score (nSPS) is 12.2. The van der Waals surface area contributed by atoms with Gasteiger partial charge in [-0.2, -0.15) is 8.42 Å². The van der Waals surface area contributed by atoms with E-state index in [1.54, 1.807) is 6.92 Å². The summed E-state index contributed by atoms with van der Waals surface area (Å²) in [5.74, 6) is -2.41. The second kappa shape index (κ2) is 13.0. The van der Waals surface area contributed by atoms with Gasteiger partial charge in [0.2, 0.25) is 0 Å². The smallest absolute Gasteiger partial charge is 1.00 e. The number of hydrogen-bond acceptors (Lipinski definition) is 8. The van der Waals surface area contributed by atoms with Crippen molar-refractivity contribution >= 4 is 51.1 Å². The Hall–Kier alpha value is -1.43. The van der Waals surface area contributed by atoms with Gasteiger partial charge in [-0.25, -0.2) is 9.59 Å². The summed E-state index contributed by atoms with van der Waals surface area (Å²) >= 11 is 0. The van der Waals surface area contributed by atoms with Crippen LogP contribution in [0.5, 0.6) is 0 Å². The van der Waals surface area contributed by atoms with Gasteiger partial charge >= 0.3 is 41.0 Å². The Kier molecular flexibility index (Phi) is 13.3. The maximum Gasteiger partial charge on any atom is 2.00 e. The molecule has 0 heterocycles. The third kappa shape index (κ3) is 10.2.